The average Bonchev–Trinajstić information content (AvgIpc) is 2.77. The van der Waals surface area contributed by atoms with Crippen molar-refractivity contribution in [3.05, 3.63) is 23.7 Å². The molecule has 0 aromatic carbocycles. The molecule has 0 saturated carbocycles. The first-order valence-electron chi connectivity index (χ1n) is 5.90. The number of piperidine rings is 1. The minimum atomic E-state index is 0.161. The van der Waals surface area contributed by atoms with Gasteiger partial charge >= 0.3 is 0 Å². The molecule has 0 aliphatic carbocycles. The van der Waals surface area contributed by atoms with Gasteiger partial charge in [0.25, 0.3) is 0 Å². The third kappa shape index (κ3) is 2.95. The van der Waals surface area contributed by atoms with Gasteiger partial charge in [-0.2, -0.15) is 5.26 Å². The molecule has 1 atom stereocenters. The van der Waals surface area contributed by atoms with E-state index in [4.69, 9.17) is 9.68 Å². The monoisotopic (exact) mass is 232 g/mol. The van der Waals surface area contributed by atoms with Crippen LogP contribution >= 0.6 is 0 Å². The van der Waals surface area contributed by atoms with Crippen LogP contribution in [0.4, 0.5) is 0 Å². The van der Waals surface area contributed by atoms with E-state index in [0.29, 0.717) is 12.3 Å². The van der Waals surface area contributed by atoms with Crippen molar-refractivity contribution in [3.63, 3.8) is 0 Å². The van der Waals surface area contributed by atoms with Crippen LogP contribution in [0.5, 0.6) is 0 Å². The lowest BCUT2D eigenvalue weighted by molar-refractivity contribution is -0.122. The van der Waals surface area contributed by atoms with Gasteiger partial charge in [-0.25, -0.2) is 0 Å². The minimum Gasteiger partial charge on any atom is -0.449 e. The molecule has 0 amide bonds. The van der Waals surface area contributed by atoms with Gasteiger partial charge in [-0.1, -0.05) is 0 Å². The molecule has 90 valence electrons. The number of furan rings is 1. The van der Waals surface area contributed by atoms with Crippen LogP contribution < -0.4 is 0 Å². The molecule has 0 radical (unpaired) electrons. The number of Topliss-reactive ketones (excluding diaryl/α,β-unsaturated/α-hetero) is 1. The normalized spacial score (nSPS) is 21.1. The Labute approximate surface area is 101 Å². The molecular weight excluding hydrogens is 216 g/mol. The average molecular weight is 232 g/mol. The first-order valence-corrected chi connectivity index (χ1v) is 5.90. The van der Waals surface area contributed by atoms with Gasteiger partial charge in [-0.3, -0.25) is 9.69 Å². The predicted octanol–water partition coefficient (Wildman–Crippen LogP) is 1.95. The number of nitriles is 1. The molecule has 1 aromatic rings. The summed E-state index contributed by atoms with van der Waals surface area (Å²) in [4.78, 5) is 13.6. The first kappa shape index (κ1) is 11.9. The van der Waals surface area contributed by atoms with E-state index in [0.717, 1.165) is 31.7 Å². The lowest BCUT2D eigenvalue weighted by atomic mass is 9.94. The van der Waals surface area contributed by atoms with Crippen LogP contribution in [0.25, 0.3) is 0 Å². The predicted molar refractivity (Wildman–Crippen MR) is 62.1 cm³/mol. The van der Waals surface area contributed by atoms with Crippen LogP contribution in [0.15, 0.2) is 16.5 Å². The lowest BCUT2D eigenvalue weighted by Crippen LogP contribution is -2.37. The van der Waals surface area contributed by atoms with Crippen molar-refractivity contribution in [3.8, 4) is 6.07 Å². The van der Waals surface area contributed by atoms with Crippen LogP contribution in [-0.4, -0.2) is 23.8 Å². The first-order chi connectivity index (χ1) is 8.19. The van der Waals surface area contributed by atoms with E-state index in [1.165, 1.54) is 0 Å². The van der Waals surface area contributed by atoms with E-state index in [1.807, 2.05) is 12.1 Å². The number of nitrogens with zero attached hydrogens (tertiary/aromatic N) is 2. The van der Waals surface area contributed by atoms with Gasteiger partial charge in [0.1, 0.15) is 17.6 Å². The third-order valence-corrected chi connectivity index (χ3v) is 3.23. The standard InChI is InChI=1S/C13H16N2O2/c1-10(16)11-3-2-6-15(8-11)9-13-5-4-12(7-14)17-13/h4-5,11H,2-3,6,8-9H2,1H3. The second kappa shape index (κ2) is 5.15. The Morgan fingerprint density at radius 1 is 1.65 bits per heavy atom. The fourth-order valence-corrected chi connectivity index (χ4v) is 2.27. The highest BCUT2D eigenvalue weighted by molar-refractivity contribution is 5.78. The van der Waals surface area contributed by atoms with E-state index in [2.05, 4.69) is 4.90 Å². The molecule has 17 heavy (non-hydrogen) atoms. The number of hydrogen-bond acceptors (Lipinski definition) is 4. The number of ketones is 1. The Hall–Kier alpha value is -1.60. The van der Waals surface area contributed by atoms with Crippen molar-refractivity contribution in [2.75, 3.05) is 13.1 Å². The summed E-state index contributed by atoms with van der Waals surface area (Å²) in [6, 6.07) is 5.48. The van der Waals surface area contributed by atoms with Gasteiger partial charge in [-0.15, -0.1) is 0 Å². The fourth-order valence-electron chi connectivity index (χ4n) is 2.27. The molecule has 1 aromatic heterocycles. The molecule has 0 bridgehead atoms. The molecule has 2 rings (SSSR count). The maximum atomic E-state index is 11.4. The second-order valence-electron chi connectivity index (χ2n) is 4.56. The summed E-state index contributed by atoms with van der Waals surface area (Å²) in [5, 5.41) is 8.67. The Bertz CT molecular complexity index is 445. The molecule has 4 heteroatoms. The molecule has 2 heterocycles. The van der Waals surface area contributed by atoms with Crippen molar-refractivity contribution in [2.24, 2.45) is 5.92 Å². The fraction of sp³-hybridized carbons (Fsp3) is 0.538. The second-order valence-corrected chi connectivity index (χ2v) is 4.56. The molecule has 1 saturated heterocycles. The Kier molecular flexibility index (Phi) is 3.60. The zero-order valence-electron chi connectivity index (χ0n) is 9.98. The molecular formula is C13H16N2O2. The SMILES string of the molecule is CC(=O)C1CCCN(Cc2ccc(C#N)o2)C1. The van der Waals surface area contributed by atoms with Crippen LogP contribution in [0.1, 0.15) is 31.3 Å². The number of rotatable bonds is 3. The smallest absolute Gasteiger partial charge is 0.203 e. The number of likely N-dealkylation sites (tertiary alicyclic amines) is 1. The zero-order chi connectivity index (χ0) is 12.3. The zero-order valence-corrected chi connectivity index (χ0v) is 9.98. The lowest BCUT2D eigenvalue weighted by Gasteiger charge is -2.30. The van der Waals surface area contributed by atoms with Gasteiger partial charge in [0.15, 0.2) is 0 Å². The number of carbonyl (C=O) groups excluding carboxylic acids is 1. The van der Waals surface area contributed by atoms with Crippen LogP contribution in [-0.2, 0) is 11.3 Å². The molecule has 1 unspecified atom stereocenters. The van der Waals surface area contributed by atoms with Crippen molar-refractivity contribution in [2.45, 2.75) is 26.3 Å². The van der Waals surface area contributed by atoms with Gasteiger partial charge in [0.2, 0.25) is 5.76 Å². The summed E-state index contributed by atoms with van der Waals surface area (Å²) >= 11 is 0. The highest BCUT2D eigenvalue weighted by atomic mass is 16.3. The van der Waals surface area contributed by atoms with E-state index in [1.54, 1.807) is 13.0 Å². The summed E-state index contributed by atoms with van der Waals surface area (Å²) in [6.07, 6.45) is 2.05. The molecule has 0 N–H and O–H groups in total. The van der Waals surface area contributed by atoms with E-state index >= 15 is 0 Å². The summed E-state index contributed by atoms with van der Waals surface area (Å²) < 4.78 is 5.34. The highest BCUT2D eigenvalue weighted by Crippen LogP contribution is 2.19. The summed E-state index contributed by atoms with van der Waals surface area (Å²) in [7, 11) is 0. The largest absolute Gasteiger partial charge is 0.449 e. The van der Waals surface area contributed by atoms with E-state index in [-0.39, 0.29) is 11.7 Å². The Morgan fingerprint density at radius 3 is 3.12 bits per heavy atom. The number of hydrogen-bond donors (Lipinski definition) is 0. The summed E-state index contributed by atoms with van der Waals surface area (Å²) in [6.45, 7) is 4.14. The highest BCUT2D eigenvalue weighted by Gasteiger charge is 2.23. The van der Waals surface area contributed by atoms with Crippen molar-refractivity contribution in [1.82, 2.24) is 4.90 Å². The van der Waals surface area contributed by atoms with Gasteiger partial charge in [0, 0.05) is 12.5 Å². The van der Waals surface area contributed by atoms with Gasteiger partial charge in [0.05, 0.1) is 6.54 Å². The topological polar surface area (TPSA) is 57.2 Å². The molecule has 1 aliphatic heterocycles. The number of carbonyl (C=O) groups is 1. The van der Waals surface area contributed by atoms with Crippen molar-refractivity contribution < 1.29 is 9.21 Å². The van der Waals surface area contributed by atoms with Crippen LogP contribution in [0.2, 0.25) is 0 Å². The van der Waals surface area contributed by atoms with E-state index in [9.17, 15) is 4.79 Å². The van der Waals surface area contributed by atoms with E-state index < -0.39 is 0 Å². The van der Waals surface area contributed by atoms with Gasteiger partial charge in [-0.05, 0) is 38.4 Å². The van der Waals surface area contributed by atoms with Crippen LogP contribution in [0, 0.1) is 17.2 Å². The van der Waals surface area contributed by atoms with Crippen molar-refractivity contribution >= 4 is 5.78 Å². The Morgan fingerprint density at radius 2 is 2.47 bits per heavy atom. The Balaban J connectivity index is 1.95. The maximum Gasteiger partial charge on any atom is 0.203 e. The quantitative estimate of drug-likeness (QED) is 0.799. The third-order valence-electron chi connectivity index (χ3n) is 3.23. The minimum absolute atomic E-state index is 0.161. The summed E-state index contributed by atoms with van der Waals surface area (Å²) in [5.74, 6) is 1.58. The summed E-state index contributed by atoms with van der Waals surface area (Å²) in [5.41, 5.74) is 0. The van der Waals surface area contributed by atoms with Crippen LogP contribution in [0.3, 0.4) is 0 Å². The molecule has 1 aliphatic rings. The maximum absolute atomic E-state index is 11.4. The van der Waals surface area contributed by atoms with Crippen molar-refractivity contribution in [1.29, 1.82) is 5.26 Å². The molecule has 0 spiro atoms. The molecule has 1 fully saturated rings. The molecule has 4 nitrogen and oxygen atoms in total. The van der Waals surface area contributed by atoms with Gasteiger partial charge < -0.3 is 4.42 Å².